The molecule has 6 nitrogen and oxygen atoms in total. The molecule has 0 spiro atoms. The Labute approximate surface area is 157 Å². The SMILES string of the molecule is COc1ccc(NC(=O)CN2C(=O)C(C)(C)Nc3ccccc32)cc1Cl. The van der Waals surface area contributed by atoms with Crippen LogP contribution in [0.15, 0.2) is 42.5 Å². The van der Waals surface area contributed by atoms with Crippen LogP contribution in [0.25, 0.3) is 0 Å². The minimum absolute atomic E-state index is 0.0927. The number of anilines is 3. The van der Waals surface area contributed by atoms with Gasteiger partial charge in [0, 0.05) is 5.69 Å². The van der Waals surface area contributed by atoms with E-state index in [-0.39, 0.29) is 18.4 Å². The highest BCUT2D eigenvalue weighted by atomic mass is 35.5. The molecule has 0 aromatic heterocycles. The Hall–Kier alpha value is -2.73. The van der Waals surface area contributed by atoms with E-state index in [9.17, 15) is 9.59 Å². The third kappa shape index (κ3) is 3.46. The molecule has 3 rings (SSSR count). The predicted molar refractivity (Wildman–Crippen MR) is 103 cm³/mol. The fourth-order valence-corrected chi connectivity index (χ4v) is 3.15. The summed E-state index contributed by atoms with van der Waals surface area (Å²) in [7, 11) is 1.52. The van der Waals surface area contributed by atoms with Crippen LogP contribution in [0.1, 0.15) is 13.8 Å². The zero-order valence-corrected chi connectivity index (χ0v) is 15.6. The minimum Gasteiger partial charge on any atom is -0.495 e. The number of ether oxygens (including phenoxy) is 1. The number of para-hydroxylation sites is 2. The van der Waals surface area contributed by atoms with E-state index in [0.717, 1.165) is 5.69 Å². The van der Waals surface area contributed by atoms with E-state index in [4.69, 9.17) is 16.3 Å². The summed E-state index contributed by atoms with van der Waals surface area (Å²) in [5, 5.41) is 6.37. The van der Waals surface area contributed by atoms with E-state index in [1.54, 1.807) is 32.0 Å². The predicted octanol–water partition coefficient (Wildman–Crippen LogP) is 3.52. The van der Waals surface area contributed by atoms with E-state index in [1.807, 2.05) is 24.3 Å². The van der Waals surface area contributed by atoms with Gasteiger partial charge in [-0.25, -0.2) is 0 Å². The molecule has 0 saturated carbocycles. The van der Waals surface area contributed by atoms with Gasteiger partial charge in [0.1, 0.15) is 17.8 Å². The summed E-state index contributed by atoms with van der Waals surface area (Å²) in [6.45, 7) is 3.49. The standard InChI is InChI=1S/C19H20ClN3O3/c1-19(2)18(25)23(15-7-5-4-6-14(15)22-19)11-17(24)21-12-8-9-16(26-3)13(20)10-12/h4-10,22H,11H2,1-3H3,(H,21,24). The van der Waals surface area contributed by atoms with Crippen LogP contribution < -0.4 is 20.3 Å². The summed E-state index contributed by atoms with van der Waals surface area (Å²) in [5.41, 5.74) is 1.24. The Kier molecular flexibility index (Phi) is 4.78. The molecule has 2 aromatic rings. The lowest BCUT2D eigenvalue weighted by molar-refractivity contribution is -0.124. The lowest BCUT2D eigenvalue weighted by Crippen LogP contribution is -2.55. The number of halogens is 1. The van der Waals surface area contributed by atoms with Gasteiger partial charge in [-0.3, -0.25) is 14.5 Å². The Bertz CT molecular complexity index is 867. The Morgan fingerprint density at radius 1 is 1.27 bits per heavy atom. The first-order valence-electron chi connectivity index (χ1n) is 8.14. The van der Waals surface area contributed by atoms with Crippen molar-refractivity contribution in [1.82, 2.24) is 0 Å². The van der Waals surface area contributed by atoms with Crippen LogP contribution in [0.3, 0.4) is 0 Å². The number of methoxy groups -OCH3 is 1. The maximum absolute atomic E-state index is 12.8. The molecule has 0 unspecified atom stereocenters. The normalized spacial score (nSPS) is 15.1. The maximum atomic E-state index is 12.8. The number of fused-ring (bicyclic) bond motifs is 1. The molecule has 2 amide bonds. The van der Waals surface area contributed by atoms with E-state index in [1.165, 1.54) is 12.0 Å². The lowest BCUT2D eigenvalue weighted by atomic mass is 9.98. The summed E-state index contributed by atoms with van der Waals surface area (Å²) in [5.74, 6) is 0.0452. The Morgan fingerprint density at radius 3 is 2.69 bits per heavy atom. The molecule has 0 saturated heterocycles. The van der Waals surface area contributed by atoms with Crippen molar-refractivity contribution in [3.8, 4) is 5.75 Å². The smallest absolute Gasteiger partial charge is 0.252 e. The first-order valence-corrected chi connectivity index (χ1v) is 8.52. The van der Waals surface area contributed by atoms with Crippen molar-refractivity contribution >= 4 is 40.5 Å². The van der Waals surface area contributed by atoms with Gasteiger partial charge in [-0.05, 0) is 44.2 Å². The molecule has 0 radical (unpaired) electrons. The van der Waals surface area contributed by atoms with Crippen LogP contribution in [0.5, 0.6) is 5.75 Å². The molecule has 2 N–H and O–H groups in total. The van der Waals surface area contributed by atoms with E-state index in [0.29, 0.717) is 22.1 Å². The second-order valence-electron chi connectivity index (χ2n) is 6.56. The third-order valence-electron chi connectivity index (χ3n) is 4.16. The number of carbonyl (C=O) groups is 2. The largest absolute Gasteiger partial charge is 0.495 e. The summed E-state index contributed by atoms with van der Waals surface area (Å²) >= 11 is 6.08. The number of nitrogens with one attached hydrogen (secondary N) is 2. The van der Waals surface area contributed by atoms with Gasteiger partial charge in [0.25, 0.3) is 5.91 Å². The molecule has 1 heterocycles. The Balaban J connectivity index is 1.80. The average Bonchev–Trinajstić information content (AvgIpc) is 2.59. The number of hydrogen-bond acceptors (Lipinski definition) is 4. The monoisotopic (exact) mass is 373 g/mol. The van der Waals surface area contributed by atoms with Crippen molar-refractivity contribution in [1.29, 1.82) is 0 Å². The van der Waals surface area contributed by atoms with Gasteiger partial charge >= 0.3 is 0 Å². The first-order chi connectivity index (χ1) is 12.3. The molecule has 7 heteroatoms. The number of benzene rings is 2. The van der Waals surface area contributed by atoms with Gasteiger partial charge in [0.05, 0.1) is 23.5 Å². The second kappa shape index (κ2) is 6.88. The van der Waals surface area contributed by atoms with E-state index < -0.39 is 5.54 Å². The van der Waals surface area contributed by atoms with Crippen molar-refractivity contribution in [2.45, 2.75) is 19.4 Å². The molecule has 2 aromatic carbocycles. The van der Waals surface area contributed by atoms with E-state index >= 15 is 0 Å². The van der Waals surface area contributed by atoms with Crippen molar-refractivity contribution < 1.29 is 14.3 Å². The average molecular weight is 374 g/mol. The van der Waals surface area contributed by atoms with Gasteiger partial charge in [-0.1, -0.05) is 23.7 Å². The summed E-state index contributed by atoms with van der Waals surface area (Å²) in [6.07, 6.45) is 0. The van der Waals surface area contributed by atoms with Crippen LogP contribution in [-0.2, 0) is 9.59 Å². The first kappa shape index (κ1) is 18.1. The van der Waals surface area contributed by atoms with Gasteiger partial charge in [0.15, 0.2) is 0 Å². The van der Waals surface area contributed by atoms with Crippen LogP contribution in [-0.4, -0.2) is 31.0 Å². The van der Waals surface area contributed by atoms with Gasteiger partial charge in [-0.15, -0.1) is 0 Å². The number of carbonyl (C=O) groups excluding carboxylic acids is 2. The number of rotatable bonds is 4. The molecule has 0 aliphatic carbocycles. The zero-order chi connectivity index (χ0) is 18.9. The number of nitrogens with zero attached hydrogens (tertiary/aromatic N) is 1. The topological polar surface area (TPSA) is 70.7 Å². The highest BCUT2D eigenvalue weighted by Gasteiger charge is 2.39. The third-order valence-corrected chi connectivity index (χ3v) is 4.45. The van der Waals surface area contributed by atoms with Crippen molar-refractivity contribution in [2.75, 3.05) is 29.2 Å². The zero-order valence-electron chi connectivity index (χ0n) is 14.8. The van der Waals surface area contributed by atoms with Crippen molar-refractivity contribution in [2.24, 2.45) is 0 Å². The molecular weight excluding hydrogens is 354 g/mol. The lowest BCUT2D eigenvalue weighted by Gasteiger charge is -2.39. The van der Waals surface area contributed by atoms with Crippen LogP contribution in [0, 0.1) is 0 Å². The maximum Gasteiger partial charge on any atom is 0.252 e. The quantitative estimate of drug-likeness (QED) is 0.860. The van der Waals surface area contributed by atoms with Gasteiger partial charge in [-0.2, -0.15) is 0 Å². The molecule has 136 valence electrons. The summed E-state index contributed by atoms with van der Waals surface area (Å²) < 4.78 is 5.10. The van der Waals surface area contributed by atoms with E-state index in [2.05, 4.69) is 10.6 Å². The molecule has 0 fully saturated rings. The van der Waals surface area contributed by atoms with Gasteiger partial charge in [0.2, 0.25) is 5.91 Å². The van der Waals surface area contributed by atoms with Gasteiger partial charge < -0.3 is 15.4 Å². The molecule has 26 heavy (non-hydrogen) atoms. The van der Waals surface area contributed by atoms with Crippen LogP contribution in [0.2, 0.25) is 5.02 Å². The van der Waals surface area contributed by atoms with Crippen molar-refractivity contribution in [3.63, 3.8) is 0 Å². The second-order valence-corrected chi connectivity index (χ2v) is 6.96. The highest BCUT2D eigenvalue weighted by Crippen LogP contribution is 2.35. The molecule has 1 aliphatic rings. The summed E-state index contributed by atoms with van der Waals surface area (Å²) in [4.78, 5) is 26.8. The fourth-order valence-electron chi connectivity index (χ4n) is 2.90. The molecule has 0 bridgehead atoms. The number of amides is 2. The highest BCUT2D eigenvalue weighted by molar-refractivity contribution is 6.32. The van der Waals surface area contributed by atoms with Crippen molar-refractivity contribution in [3.05, 3.63) is 47.5 Å². The fraction of sp³-hybridized carbons (Fsp3) is 0.263. The molecular formula is C19H20ClN3O3. The number of hydrogen-bond donors (Lipinski definition) is 2. The Morgan fingerprint density at radius 2 is 2.00 bits per heavy atom. The minimum atomic E-state index is -0.794. The van der Waals surface area contributed by atoms with Crippen LogP contribution >= 0.6 is 11.6 Å². The molecule has 0 atom stereocenters. The molecule has 1 aliphatic heterocycles. The summed E-state index contributed by atoms with van der Waals surface area (Å²) in [6, 6.07) is 12.4. The van der Waals surface area contributed by atoms with Crippen LogP contribution in [0.4, 0.5) is 17.1 Å².